The van der Waals surface area contributed by atoms with Crippen LogP contribution in [0.3, 0.4) is 0 Å². The number of hydrogen-bond donors (Lipinski definition) is 0. The van der Waals surface area contributed by atoms with Crippen LogP contribution in [-0.4, -0.2) is 9.97 Å². The molecule has 0 aliphatic rings. The molecule has 0 radical (unpaired) electrons. The third kappa shape index (κ3) is 2.12. The highest BCUT2D eigenvalue weighted by Crippen LogP contribution is 2.21. The summed E-state index contributed by atoms with van der Waals surface area (Å²) in [4.78, 5) is 9.19. The zero-order chi connectivity index (χ0) is 14.1. The minimum Gasteiger partial charge on any atom is -0.251 e. The van der Waals surface area contributed by atoms with Crippen LogP contribution in [0.5, 0.6) is 0 Å². The largest absolute Gasteiger partial charge is 0.251 e. The van der Waals surface area contributed by atoms with Crippen molar-refractivity contribution in [3.8, 4) is 17.5 Å². The van der Waals surface area contributed by atoms with Crippen molar-refractivity contribution >= 4 is 10.9 Å². The van der Waals surface area contributed by atoms with Gasteiger partial charge in [-0.05, 0) is 49.7 Å². The molecule has 20 heavy (non-hydrogen) atoms. The molecular formula is C17H13N3. The van der Waals surface area contributed by atoms with E-state index in [-0.39, 0.29) is 0 Å². The summed E-state index contributed by atoms with van der Waals surface area (Å²) in [5, 5.41) is 9.87. The first-order valence-corrected chi connectivity index (χ1v) is 6.43. The molecule has 0 aliphatic heterocycles. The molecule has 3 rings (SSSR count). The average molecular weight is 259 g/mol. The van der Waals surface area contributed by atoms with Crippen molar-refractivity contribution < 1.29 is 0 Å². The Hall–Kier alpha value is -2.73. The van der Waals surface area contributed by atoms with Gasteiger partial charge in [0.15, 0.2) is 0 Å². The fraction of sp³-hybridized carbons (Fsp3) is 0.118. The van der Waals surface area contributed by atoms with Crippen LogP contribution in [0.15, 0.2) is 42.5 Å². The van der Waals surface area contributed by atoms with Crippen LogP contribution in [-0.2, 0) is 0 Å². The van der Waals surface area contributed by atoms with Crippen LogP contribution in [0.2, 0.25) is 0 Å². The van der Waals surface area contributed by atoms with E-state index in [4.69, 9.17) is 5.26 Å². The minimum absolute atomic E-state index is 0.649. The van der Waals surface area contributed by atoms with Gasteiger partial charge in [-0.25, -0.2) is 4.98 Å². The molecule has 1 aromatic carbocycles. The topological polar surface area (TPSA) is 49.6 Å². The van der Waals surface area contributed by atoms with E-state index < -0.39 is 0 Å². The van der Waals surface area contributed by atoms with E-state index in [1.54, 1.807) is 6.07 Å². The van der Waals surface area contributed by atoms with Gasteiger partial charge in [0, 0.05) is 11.1 Å². The van der Waals surface area contributed by atoms with Gasteiger partial charge in [0.2, 0.25) is 0 Å². The van der Waals surface area contributed by atoms with Gasteiger partial charge in [0.1, 0.15) is 0 Å². The van der Waals surface area contributed by atoms with Crippen LogP contribution in [0.4, 0.5) is 0 Å². The first-order valence-electron chi connectivity index (χ1n) is 6.43. The van der Waals surface area contributed by atoms with Crippen LogP contribution in [0.1, 0.15) is 16.8 Å². The number of aryl methyl sites for hydroxylation is 2. The van der Waals surface area contributed by atoms with Crippen LogP contribution < -0.4 is 0 Å². The third-order valence-corrected chi connectivity index (χ3v) is 3.43. The van der Waals surface area contributed by atoms with Gasteiger partial charge in [0.05, 0.1) is 28.5 Å². The summed E-state index contributed by atoms with van der Waals surface area (Å²) < 4.78 is 0. The third-order valence-electron chi connectivity index (χ3n) is 3.43. The van der Waals surface area contributed by atoms with E-state index in [0.29, 0.717) is 5.56 Å². The molecular weight excluding hydrogens is 246 g/mol. The number of rotatable bonds is 1. The molecule has 0 spiro atoms. The van der Waals surface area contributed by atoms with Crippen molar-refractivity contribution in [3.63, 3.8) is 0 Å². The maximum atomic E-state index is 8.91. The summed E-state index contributed by atoms with van der Waals surface area (Å²) in [6.45, 7) is 4.04. The Kier molecular flexibility index (Phi) is 2.92. The summed E-state index contributed by atoms with van der Waals surface area (Å²) in [6, 6.07) is 15.6. The second-order valence-electron chi connectivity index (χ2n) is 4.81. The van der Waals surface area contributed by atoms with Crippen molar-refractivity contribution in [1.82, 2.24) is 9.97 Å². The lowest BCUT2D eigenvalue weighted by atomic mass is 10.1. The smallest absolute Gasteiger partial charge is 0.0991 e. The maximum absolute atomic E-state index is 8.91. The highest BCUT2D eigenvalue weighted by molar-refractivity contribution is 5.82. The van der Waals surface area contributed by atoms with Gasteiger partial charge in [-0.15, -0.1) is 0 Å². The van der Waals surface area contributed by atoms with Gasteiger partial charge < -0.3 is 0 Å². The Morgan fingerprint density at radius 3 is 2.40 bits per heavy atom. The van der Waals surface area contributed by atoms with Crippen LogP contribution in [0, 0.1) is 25.2 Å². The van der Waals surface area contributed by atoms with Gasteiger partial charge in [-0.3, -0.25) is 4.98 Å². The molecule has 0 atom stereocenters. The molecule has 0 bridgehead atoms. The normalized spacial score (nSPS) is 10.4. The fourth-order valence-electron chi connectivity index (χ4n) is 2.11. The van der Waals surface area contributed by atoms with E-state index in [0.717, 1.165) is 28.0 Å². The Morgan fingerprint density at radius 2 is 1.65 bits per heavy atom. The Labute approximate surface area is 117 Å². The maximum Gasteiger partial charge on any atom is 0.0991 e. The predicted molar refractivity (Wildman–Crippen MR) is 79.2 cm³/mol. The van der Waals surface area contributed by atoms with Gasteiger partial charge in [-0.2, -0.15) is 5.26 Å². The molecule has 3 nitrogen and oxygen atoms in total. The highest BCUT2D eigenvalue weighted by atomic mass is 14.8. The second kappa shape index (κ2) is 4.75. The Bertz CT molecular complexity index is 844. The van der Waals surface area contributed by atoms with Crippen molar-refractivity contribution in [2.24, 2.45) is 0 Å². The monoisotopic (exact) mass is 259 g/mol. The number of aromatic nitrogens is 2. The fourth-order valence-corrected chi connectivity index (χ4v) is 2.11. The van der Waals surface area contributed by atoms with Crippen molar-refractivity contribution in [3.05, 3.63) is 59.3 Å². The summed E-state index contributed by atoms with van der Waals surface area (Å²) in [6.07, 6.45) is 0. The molecule has 96 valence electrons. The van der Waals surface area contributed by atoms with Gasteiger partial charge in [0.25, 0.3) is 0 Å². The molecule has 3 aromatic rings. The average Bonchev–Trinajstić information content (AvgIpc) is 2.49. The standard InChI is InChI=1S/C17H13N3/c1-11-3-6-16(19-12(11)2)17-8-5-14-9-13(10-18)4-7-15(14)20-17/h3-9H,1-2H3. The zero-order valence-corrected chi connectivity index (χ0v) is 11.4. The lowest BCUT2D eigenvalue weighted by molar-refractivity contribution is 1.14. The summed E-state index contributed by atoms with van der Waals surface area (Å²) >= 11 is 0. The number of benzene rings is 1. The molecule has 0 fully saturated rings. The van der Waals surface area contributed by atoms with Crippen LogP contribution in [0.25, 0.3) is 22.3 Å². The number of nitrogens with zero attached hydrogens (tertiary/aromatic N) is 3. The predicted octanol–water partition coefficient (Wildman–Crippen LogP) is 3.79. The van der Waals surface area contributed by atoms with E-state index in [9.17, 15) is 0 Å². The van der Waals surface area contributed by atoms with E-state index >= 15 is 0 Å². The molecule has 0 amide bonds. The quantitative estimate of drug-likeness (QED) is 0.668. The Morgan fingerprint density at radius 1 is 0.900 bits per heavy atom. The summed E-state index contributed by atoms with van der Waals surface area (Å²) in [7, 11) is 0. The highest BCUT2D eigenvalue weighted by Gasteiger charge is 2.05. The van der Waals surface area contributed by atoms with E-state index in [2.05, 4.69) is 22.1 Å². The number of nitriles is 1. The first-order chi connectivity index (χ1) is 9.67. The molecule has 2 aromatic heterocycles. The Balaban J connectivity index is 2.13. The molecule has 2 heterocycles. The minimum atomic E-state index is 0.649. The summed E-state index contributed by atoms with van der Waals surface area (Å²) in [5.74, 6) is 0. The van der Waals surface area contributed by atoms with E-state index in [1.807, 2.05) is 44.2 Å². The molecule has 0 saturated carbocycles. The summed E-state index contributed by atoms with van der Waals surface area (Å²) in [5.41, 5.74) is 5.44. The van der Waals surface area contributed by atoms with E-state index in [1.165, 1.54) is 5.56 Å². The van der Waals surface area contributed by atoms with Crippen LogP contribution >= 0.6 is 0 Å². The molecule has 0 unspecified atom stereocenters. The lowest BCUT2D eigenvalue weighted by Gasteiger charge is -2.05. The van der Waals surface area contributed by atoms with Gasteiger partial charge >= 0.3 is 0 Å². The van der Waals surface area contributed by atoms with Crippen molar-refractivity contribution in [1.29, 1.82) is 5.26 Å². The molecule has 3 heteroatoms. The molecule has 0 N–H and O–H groups in total. The first kappa shape index (κ1) is 12.3. The number of pyridine rings is 2. The second-order valence-corrected chi connectivity index (χ2v) is 4.81. The SMILES string of the molecule is Cc1ccc(-c2ccc3cc(C#N)ccc3n2)nc1C. The van der Waals surface area contributed by atoms with Crippen molar-refractivity contribution in [2.75, 3.05) is 0 Å². The van der Waals surface area contributed by atoms with Crippen molar-refractivity contribution in [2.45, 2.75) is 13.8 Å². The number of fused-ring (bicyclic) bond motifs is 1. The zero-order valence-electron chi connectivity index (χ0n) is 11.4. The molecule has 0 saturated heterocycles. The molecule has 0 aliphatic carbocycles. The van der Waals surface area contributed by atoms with Gasteiger partial charge in [-0.1, -0.05) is 12.1 Å². The lowest BCUT2D eigenvalue weighted by Crippen LogP contribution is -1.92. The number of hydrogen-bond acceptors (Lipinski definition) is 3.